The van der Waals surface area contributed by atoms with Crippen molar-refractivity contribution in [3.8, 4) is 0 Å². The molecule has 2 atom stereocenters. The molecule has 2 aliphatic rings. The summed E-state index contributed by atoms with van der Waals surface area (Å²) in [6, 6.07) is 14.6. The van der Waals surface area contributed by atoms with E-state index in [1.807, 2.05) is 42.2 Å². The molecule has 6 heteroatoms. The molecular formula is C25H29ClN4O. The Morgan fingerprint density at radius 2 is 1.84 bits per heavy atom. The van der Waals surface area contributed by atoms with Crippen LogP contribution in [0.1, 0.15) is 54.0 Å². The Labute approximate surface area is 188 Å². The standard InChI is InChI=1S/C25H29ClN4O/c1-17(30-18(2)27-23-15-21(26)9-10-24(23)30)19-5-7-20(8-6-19)25(31)29-14-11-22(16-29)28-12-3-4-13-28/h5-10,15,17,22H,3-4,11-14,16H2,1-2H3/t17?,22-/m0/s1. The van der Waals surface area contributed by atoms with Gasteiger partial charge in [0.15, 0.2) is 0 Å². The zero-order chi connectivity index (χ0) is 21.5. The molecule has 1 unspecified atom stereocenters. The molecule has 5 rings (SSSR count). The SMILES string of the molecule is Cc1nc2cc(Cl)ccc2n1C(C)c1ccc(C(=O)N2CC[C@H](N3CCCC3)C2)cc1. The zero-order valence-electron chi connectivity index (χ0n) is 18.2. The summed E-state index contributed by atoms with van der Waals surface area (Å²) in [7, 11) is 0. The van der Waals surface area contributed by atoms with Crippen LogP contribution in [0.2, 0.25) is 5.02 Å². The molecule has 2 aliphatic heterocycles. The van der Waals surface area contributed by atoms with Gasteiger partial charge in [0.05, 0.1) is 17.1 Å². The maximum absolute atomic E-state index is 13.1. The van der Waals surface area contributed by atoms with Crippen LogP contribution in [0.5, 0.6) is 0 Å². The fraction of sp³-hybridized carbons (Fsp3) is 0.440. The predicted molar refractivity (Wildman–Crippen MR) is 125 cm³/mol. The number of fused-ring (bicyclic) bond motifs is 1. The molecule has 2 saturated heterocycles. The molecule has 1 amide bonds. The fourth-order valence-electron chi connectivity index (χ4n) is 5.25. The van der Waals surface area contributed by atoms with Gasteiger partial charge >= 0.3 is 0 Å². The lowest BCUT2D eigenvalue weighted by Crippen LogP contribution is -2.37. The van der Waals surface area contributed by atoms with Gasteiger partial charge in [-0.1, -0.05) is 23.7 Å². The van der Waals surface area contributed by atoms with Gasteiger partial charge in [0, 0.05) is 29.7 Å². The van der Waals surface area contributed by atoms with Crippen molar-refractivity contribution < 1.29 is 4.79 Å². The van der Waals surface area contributed by atoms with E-state index in [0.717, 1.165) is 47.5 Å². The quantitative estimate of drug-likeness (QED) is 0.583. The summed E-state index contributed by atoms with van der Waals surface area (Å²) in [5.41, 5.74) is 3.91. The number of carbonyl (C=O) groups excluding carboxylic acids is 1. The van der Waals surface area contributed by atoms with Crippen molar-refractivity contribution in [2.24, 2.45) is 0 Å². The molecule has 162 valence electrons. The first-order valence-corrected chi connectivity index (χ1v) is 11.7. The number of likely N-dealkylation sites (tertiary alicyclic amines) is 2. The molecule has 3 aromatic rings. The summed E-state index contributed by atoms with van der Waals surface area (Å²) >= 11 is 6.14. The summed E-state index contributed by atoms with van der Waals surface area (Å²) in [6.07, 6.45) is 3.68. The topological polar surface area (TPSA) is 41.4 Å². The summed E-state index contributed by atoms with van der Waals surface area (Å²) < 4.78 is 2.23. The molecule has 0 saturated carbocycles. The Morgan fingerprint density at radius 3 is 2.58 bits per heavy atom. The summed E-state index contributed by atoms with van der Waals surface area (Å²) in [6.45, 7) is 8.29. The van der Waals surface area contributed by atoms with Gasteiger partial charge in [-0.15, -0.1) is 0 Å². The van der Waals surface area contributed by atoms with Gasteiger partial charge in [-0.25, -0.2) is 4.98 Å². The summed E-state index contributed by atoms with van der Waals surface area (Å²) in [5, 5.41) is 0.696. The second-order valence-electron chi connectivity index (χ2n) is 8.90. The van der Waals surface area contributed by atoms with Crippen molar-refractivity contribution in [3.05, 3.63) is 64.4 Å². The molecule has 0 aliphatic carbocycles. The number of hydrogen-bond acceptors (Lipinski definition) is 3. The number of rotatable bonds is 4. The second-order valence-corrected chi connectivity index (χ2v) is 9.33. The van der Waals surface area contributed by atoms with E-state index in [2.05, 4.69) is 33.5 Å². The second kappa shape index (κ2) is 8.29. The summed E-state index contributed by atoms with van der Waals surface area (Å²) in [4.78, 5) is 22.3. The highest BCUT2D eigenvalue weighted by molar-refractivity contribution is 6.31. The van der Waals surface area contributed by atoms with Crippen LogP contribution in [0.4, 0.5) is 0 Å². The molecule has 2 fully saturated rings. The van der Waals surface area contributed by atoms with Gasteiger partial charge in [-0.3, -0.25) is 9.69 Å². The number of nitrogens with zero attached hydrogens (tertiary/aromatic N) is 4. The largest absolute Gasteiger partial charge is 0.337 e. The van der Waals surface area contributed by atoms with Crippen molar-refractivity contribution in [2.75, 3.05) is 26.2 Å². The minimum absolute atomic E-state index is 0.113. The van der Waals surface area contributed by atoms with Gasteiger partial charge < -0.3 is 9.47 Å². The van der Waals surface area contributed by atoms with E-state index in [1.165, 1.54) is 25.9 Å². The number of aromatic nitrogens is 2. The molecule has 0 radical (unpaired) electrons. The summed E-state index contributed by atoms with van der Waals surface area (Å²) in [5.74, 6) is 1.11. The molecule has 1 aromatic heterocycles. The Kier molecular flexibility index (Phi) is 5.49. The third kappa shape index (κ3) is 3.85. The van der Waals surface area contributed by atoms with E-state index in [4.69, 9.17) is 11.6 Å². The van der Waals surface area contributed by atoms with Crippen molar-refractivity contribution in [3.63, 3.8) is 0 Å². The third-order valence-electron chi connectivity index (χ3n) is 6.96. The van der Waals surface area contributed by atoms with Crippen LogP contribution in [0, 0.1) is 6.92 Å². The van der Waals surface area contributed by atoms with Gasteiger partial charge in [-0.2, -0.15) is 0 Å². The minimum atomic E-state index is 0.113. The first-order chi connectivity index (χ1) is 15.0. The molecule has 2 aromatic carbocycles. The Bertz CT molecular complexity index is 1100. The molecule has 5 nitrogen and oxygen atoms in total. The van der Waals surface area contributed by atoms with E-state index in [9.17, 15) is 4.79 Å². The van der Waals surface area contributed by atoms with Crippen LogP contribution in [0.3, 0.4) is 0 Å². The van der Waals surface area contributed by atoms with Crippen molar-refractivity contribution >= 4 is 28.5 Å². The zero-order valence-corrected chi connectivity index (χ0v) is 19.0. The van der Waals surface area contributed by atoms with E-state index in [0.29, 0.717) is 11.1 Å². The number of halogens is 1. The van der Waals surface area contributed by atoms with Crippen LogP contribution in [-0.4, -0.2) is 57.5 Å². The number of amides is 1. The minimum Gasteiger partial charge on any atom is -0.337 e. The van der Waals surface area contributed by atoms with Gasteiger partial charge in [0.1, 0.15) is 5.82 Å². The average Bonchev–Trinajstić information content (AvgIpc) is 3.51. The highest BCUT2D eigenvalue weighted by Crippen LogP contribution is 2.28. The van der Waals surface area contributed by atoms with Crippen LogP contribution in [-0.2, 0) is 0 Å². The van der Waals surface area contributed by atoms with Gasteiger partial charge in [0.2, 0.25) is 0 Å². The van der Waals surface area contributed by atoms with Crippen LogP contribution >= 0.6 is 11.6 Å². The van der Waals surface area contributed by atoms with Gasteiger partial charge in [-0.05, 0) is 82.1 Å². The Hall–Kier alpha value is -2.37. The van der Waals surface area contributed by atoms with E-state index < -0.39 is 0 Å². The molecule has 0 bridgehead atoms. The molecule has 31 heavy (non-hydrogen) atoms. The molecule has 3 heterocycles. The lowest BCUT2D eigenvalue weighted by Gasteiger charge is -2.23. The van der Waals surface area contributed by atoms with Crippen molar-refractivity contribution in [1.82, 2.24) is 19.4 Å². The molecule has 0 spiro atoms. The van der Waals surface area contributed by atoms with Crippen molar-refractivity contribution in [1.29, 1.82) is 0 Å². The number of carbonyl (C=O) groups is 1. The van der Waals surface area contributed by atoms with E-state index in [-0.39, 0.29) is 11.9 Å². The number of imidazole rings is 1. The highest BCUT2D eigenvalue weighted by Gasteiger charge is 2.32. The fourth-order valence-corrected chi connectivity index (χ4v) is 5.41. The lowest BCUT2D eigenvalue weighted by atomic mass is 10.0. The lowest BCUT2D eigenvalue weighted by molar-refractivity contribution is 0.0780. The van der Waals surface area contributed by atoms with Crippen LogP contribution in [0.25, 0.3) is 11.0 Å². The first kappa shape index (κ1) is 20.5. The monoisotopic (exact) mass is 436 g/mol. The smallest absolute Gasteiger partial charge is 0.253 e. The maximum Gasteiger partial charge on any atom is 0.253 e. The third-order valence-corrected chi connectivity index (χ3v) is 7.20. The number of benzene rings is 2. The Morgan fingerprint density at radius 1 is 1.10 bits per heavy atom. The van der Waals surface area contributed by atoms with Gasteiger partial charge in [0.25, 0.3) is 5.91 Å². The molecule has 0 N–H and O–H groups in total. The van der Waals surface area contributed by atoms with Crippen LogP contribution in [0.15, 0.2) is 42.5 Å². The molecular weight excluding hydrogens is 408 g/mol. The first-order valence-electron chi connectivity index (χ1n) is 11.3. The maximum atomic E-state index is 13.1. The number of hydrogen-bond donors (Lipinski definition) is 0. The number of aryl methyl sites for hydroxylation is 1. The predicted octanol–water partition coefficient (Wildman–Crippen LogP) is 4.92. The van der Waals surface area contributed by atoms with E-state index >= 15 is 0 Å². The van der Waals surface area contributed by atoms with Crippen LogP contribution < -0.4 is 0 Å². The highest BCUT2D eigenvalue weighted by atomic mass is 35.5. The van der Waals surface area contributed by atoms with E-state index in [1.54, 1.807) is 0 Å². The van der Waals surface area contributed by atoms with Crippen molar-refractivity contribution in [2.45, 2.75) is 45.2 Å². The average molecular weight is 437 g/mol. The Balaban J connectivity index is 1.32. The normalized spacial score (nSPS) is 20.6.